The topological polar surface area (TPSA) is 126 Å². The van der Waals surface area contributed by atoms with Crippen LogP contribution in [0.3, 0.4) is 0 Å². The first-order valence-electron chi connectivity index (χ1n) is 11.5. The van der Waals surface area contributed by atoms with Crippen LogP contribution in [0.25, 0.3) is 5.69 Å². The summed E-state index contributed by atoms with van der Waals surface area (Å²) < 4.78 is 6.79. The Morgan fingerprint density at radius 2 is 1.92 bits per heavy atom. The van der Waals surface area contributed by atoms with Crippen molar-refractivity contribution < 1.29 is 14.6 Å². The van der Waals surface area contributed by atoms with Crippen LogP contribution in [0.15, 0.2) is 46.1 Å². The smallest absolute Gasteiger partial charge is 0.349 e. The number of carbonyl (C=O) groups is 1. The van der Waals surface area contributed by atoms with Crippen LogP contribution in [0, 0.1) is 17.3 Å². The molecule has 3 aliphatic rings. The Morgan fingerprint density at radius 3 is 2.56 bits per heavy atom. The van der Waals surface area contributed by atoms with Crippen molar-refractivity contribution in [2.45, 2.75) is 39.2 Å². The third kappa shape index (κ3) is 4.26. The molecule has 1 aromatic heterocycles. The van der Waals surface area contributed by atoms with Crippen molar-refractivity contribution in [3.05, 3.63) is 73.0 Å². The number of aromatic amines is 1. The standard InChI is InChI=1S/C25H24Cl2N4O5/c1-25(2)12-3-5-19(16(25)7-12)29-23(34)15-10-14(4-6-20(15)32)36-22-17(26)8-13(9-18(22)27)31-24(35)30-21(33)11-28-31/h4,6,8-12,16,19,32H,3,5,7H2,1-2H3,(H,29,34)(H,30,33,35)/t12-,16-,19+/m0/s1. The molecule has 0 spiro atoms. The molecule has 3 saturated carbocycles. The molecule has 3 fully saturated rings. The number of hydrogen-bond donors (Lipinski definition) is 3. The van der Waals surface area contributed by atoms with Gasteiger partial charge in [0.1, 0.15) is 17.7 Å². The Kier molecular flexibility index (Phi) is 6.08. The highest BCUT2D eigenvalue weighted by Crippen LogP contribution is 2.59. The number of halogens is 2. The summed E-state index contributed by atoms with van der Waals surface area (Å²) in [6, 6.07) is 7.15. The van der Waals surface area contributed by atoms with Crippen LogP contribution in [0.4, 0.5) is 0 Å². The first kappa shape index (κ1) is 24.4. The lowest BCUT2D eigenvalue weighted by Crippen LogP contribution is -2.59. The number of carbonyl (C=O) groups excluding carboxylic acids is 1. The number of ether oxygens (including phenoxy) is 1. The summed E-state index contributed by atoms with van der Waals surface area (Å²) in [6.07, 6.45) is 4.07. The summed E-state index contributed by atoms with van der Waals surface area (Å²) in [5.74, 6) is 0.910. The minimum absolute atomic E-state index is 0.0582. The third-order valence-electron chi connectivity index (χ3n) is 7.55. The molecule has 0 saturated heterocycles. The number of nitrogens with zero attached hydrogens (tertiary/aromatic N) is 2. The molecule has 1 amide bonds. The van der Waals surface area contributed by atoms with E-state index in [1.165, 1.54) is 30.3 Å². The predicted molar refractivity (Wildman–Crippen MR) is 135 cm³/mol. The number of hydrogen-bond acceptors (Lipinski definition) is 6. The number of H-pyrrole nitrogens is 1. The molecule has 1 heterocycles. The van der Waals surface area contributed by atoms with Crippen LogP contribution >= 0.6 is 23.2 Å². The van der Waals surface area contributed by atoms with Crippen molar-refractivity contribution in [1.29, 1.82) is 0 Å². The van der Waals surface area contributed by atoms with Gasteiger partial charge in [-0.15, -0.1) is 0 Å². The van der Waals surface area contributed by atoms with Crippen molar-refractivity contribution in [2.24, 2.45) is 17.3 Å². The molecular formula is C25H24Cl2N4O5. The van der Waals surface area contributed by atoms with E-state index >= 15 is 0 Å². The van der Waals surface area contributed by atoms with Gasteiger partial charge in [0, 0.05) is 6.04 Å². The van der Waals surface area contributed by atoms with E-state index in [9.17, 15) is 19.5 Å². The molecule has 2 aromatic carbocycles. The molecule has 3 aromatic rings. The Labute approximate surface area is 216 Å². The quantitative estimate of drug-likeness (QED) is 0.451. The van der Waals surface area contributed by atoms with Gasteiger partial charge in [-0.25, -0.2) is 4.79 Å². The summed E-state index contributed by atoms with van der Waals surface area (Å²) in [4.78, 5) is 38.5. The number of aromatic nitrogens is 3. The number of fused-ring (bicyclic) bond motifs is 2. The Bertz CT molecular complexity index is 1460. The van der Waals surface area contributed by atoms with E-state index in [4.69, 9.17) is 27.9 Å². The second-order valence-electron chi connectivity index (χ2n) is 9.89. The molecule has 0 unspecified atom stereocenters. The summed E-state index contributed by atoms with van der Waals surface area (Å²) in [5, 5.41) is 17.4. The summed E-state index contributed by atoms with van der Waals surface area (Å²) in [6.45, 7) is 4.50. The minimum Gasteiger partial charge on any atom is -0.507 e. The summed E-state index contributed by atoms with van der Waals surface area (Å²) in [5.41, 5.74) is -0.878. The fourth-order valence-electron chi connectivity index (χ4n) is 5.41. The molecule has 188 valence electrons. The first-order chi connectivity index (χ1) is 17.0. The zero-order valence-electron chi connectivity index (χ0n) is 19.5. The molecular weight excluding hydrogens is 507 g/mol. The SMILES string of the molecule is CC1(C)[C@H]2CC[C@@H](NC(=O)c3cc(Oc4c(Cl)cc(-n5ncc(=O)[nH]c5=O)cc4Cl)ccc3O)[C@@H]1C2. The Morgan fingerprint density at radius 1 is 1.19 bits per heavy atom. The fourth-order valence-corrected chi connectivity index (χ4v) is 5.96. The van der Waals surface area contributed by atoms with E-state index in [1.54, 1.807) is 0 Å². The lowest BCUT2D eigenvalue weighted by Gasteiger charge is -2.60. The highest BCUT2D eigenvalue weighted by Gasteiger charge is 2.54. The maximum Gasteiger partial charge on any atom is 0.349 e. The van der Waals surface area contributed by atoms with Gasteiger partial charge < -0.3 is 15.2 Å². The van der Waals surface area contributed by atoms with Crippen LogP contribution in [0.5, 0.6) is 17.2 Å². The van der Waals surface area contributed by atoms with Gasteiger partial charge in [-0.1, -0.05) is 37.0 Å². The third-order valence-corrected chi connectivity index (χ3v) is 8.11. The molecule has 9 nitrogen and oxygen atoms in total. The minimum atomic E-state index is -0.753. The summed E-state index contributed by atoms with van der Waals surface area (Å²) in [7, 11) is 0. The van der Waals surface area contributed by atoms with E-state index < -0.39 is 11.2 Å². The number of phenolic OH excluding ortho intramolecular Hbond substituents is 1. The first-order valence-corrected chi connectivity index (χ1v) is 12.3. The average molecular weight is 531 g/mol. The number of rotatable bonds is 5. The van der Waals surface area contributed by atoms with Crippen LogP contribution in [-0.2, 0) is 0 Å². The molecule has 36 heavy (non-hydrogen) atoms. The second kappa shape index (κ2) is 8.97. The van der Waals surface area contributed by atoms with Gasteiger partial charge >= 0.3 is 5.69 Å². The lowest BCUT2D eigenvalue weighted by atomic mass is 9.47. The van der Waals surface area contributed by atoms with Crippen molar-refractivity contribution in [1.82, 2.24) is 20.1 Å². The maximum absolute atomic E-state index is 13.1. The van der Waals surface area contributed by atoms with Gasteiger partial charge in [0.2, 0.25) is 0 Å². The molecule has 0 radical (unpaired) electrons. The van der Waals surface area contributed by atoms with E-state index in [2.05, 4.69) is 29.2 Å². The highest BCUT2D eigenvalue weighted by atomic mass is 35.5. The van der Waals surface area contributed by atoms with E-state index in [1.807, 2.05) is 0 Å². The number of amides is 1. The highest BCUT2D eigenvalue weighted by molar-refractivity contribution is 6.37. The molecule has 3 atom stereocenters. The van der Waals surface area contributed by atoms with Gasteiger partial charge in [-0.3, -0.25) is 14.6 Å². The molecule has 2 bridgehead atoms. The Balaban J connectivity index is 1.37. The number of benzene rings is 2. The van der Waals surface area contributed by atoms with Crippen LogP contribution < -0.4 is 21.3 Å². The molecule has 11 heteroatoms. The van der Waals surface area contributed by atoms with Crippen molar-refractivity contribution in [2.75, 3.05) is 0 Å². The lowest BCUT2D eigenvalue weighted by molar-refractivity contribution is -0.0844. The van der Waals surface area contributed by atoms with Gasteiger partial charge in [-0.2, -0.15) is 9.78 Å². The monoisotopic (exact) mass is 530 g/mol. The van der Waals surface area contributed by atoms with Gasteiger partial charge in [0.05, 0.1) is 21.3 Å². The largest absolute Gasteiger partial charge is 0.507 e. The summed E-state index contributed by atoms with van der Waals surface area (Å²) >= 11 is 12.7. The van der Waals surface area contributed by atoms with Gasteiger partial charge in [-0.05, 0) is 66.8 Å². The number of phenols is 1. The van der Waals surface area contributed by atoms with Crippen LogP contribution in [-0.4, -0.2) is 31.8 Å². The van der Waals surface area contributed by atoms with Crippen LogP contribution in [0.2, 0.25) is 10.0 Å². The molecule has 3 aliphatic carbocycles. The zero-order valence-corrected chi connectivity index (χ0v) is 21.1. The van der Waals surface area contributed by atoms with E-state index in [0.29, 0.717) is 11.8 Å². The van der Waals surface area contributed by atoms with Gasteiger partial charge in [0.25, 0.3) is 11.5 Å². The van der Waals surface area contributed by atoms with Crippen molar-refractivity contribution >= 4 is 29.1 Å². The van der Waals surface area contributed by atoms with Crippen molar-refractivity contribution in [3.63, 3.8) is 0 Å². The number of aromatic hydroxyl groups is 1. The van der Waals surface area contributed by atoms with Crippen LogP contribution in [0.1, 0.15) is 43.5 Å². The number of nitrogens with one attached hydrogen (secondary N) is 2. The van der Waals surface area contributed by atoms with Crippen molar-refractivity contribution in [3.8, 4) is 22.9 Å². The molecule has 6 rings (SSSR count). The molecule has 0 aliphatic heterocycles. The predicted octanol–water partition coefficient (Wildman–Crippen LogP) is 4.28. The average Bonchev–Trinajstić information content (AvgIpc) is 2.82. The Hall–Kier alpha value is -3.30. The van der Waals surface area contributed by atoms with E-state index in [0.717, 1.165) is 30.1 Å². The normalized spacial score (nSPS) is 21.9. The van der Waals surface area contributed by atoms with E-state index in [-0.39, 0.29) is 55.9 Å². The molecule has 3 N–H and O–H groups in total. The second-order valence-corrected chi connectivity index (χ2v) is 10.7. The zero-order chi connectivity index (χ0) is 25.8. The maximum atomic E-state index is 13.1. The fraction of sp³-hybridized carbons (Fsp3) is 0.360. The van der Waals surface area contributed by atoms with Gasteiger partial charge in [0.15, 0.2) is 5.75 Å².